The van der Waals surface area contributed by atoms with E-state index in [4.69, 9.17) is 4.74 Å². The number of ether oxygens (including phenoxy) is 1. The summed E-state index contributed by atoms with van der Waals surface area (Å²) in [6, 6.07) is 5.79. The zero-order chi connectivity index (χ0) is 19.9. The van der Waals surface area contributed by atoms with E-state index in [0.717, 1.165) is 32.1 Å². The minimum atomic E-state index is -0.285. The summed E-state index contributed by atoms with van der Waals surface area (Å²) < 4.78 is 4.97. The van der Waals surface area contributed by atoms with Crippen LogP contribution < -0.4 is 5.32 Å². The molecule has 0 saturated heterocycles. The molecule has 0 aliphatic heterocycles. The molecular weight excluding hydrogens is 354 g/mol. The maximum atomic E-state index is 13.3. The molecule has 0 aromatic heterocycles. The number of phenols is 1. The van der Waals surface area contributed by atoms with Gasteiger partial charge in [0, 0.05) is 31.4 Å². The second-order valence-electron chi connectivity index (χ2n) is 9.10. The van der Waals surface area contributed by atoms with Crippen molar-refractivity contribution in [3.63, 3.8) is 0 Å². The number of methoxy groups -OCH3 is 1. The number of Topliss-reactive ketones (excluding diaryl/α,β-unsaturated/α-hetero) is 1. The molecule has 1 aromatic carbocycles. The molecule has 28 heavy (non-hydrogen) atoms. The van der Waals surface area contributed by atoms with Crippen LogP contribution in [0.3, 0.4) is 0 Å². The normalized spacial score (nSPS) is 33.7. The fourth-order valence-corrected chi connectivity index (χ4v) is 6.27. The van der Waals surface area contributed by atoms with Crippen LogP contribution in [0.5, 0.6) is 5.75 Å². The molecule has 0 spiro atoms. The average Bonchev–Trinajstić information content (AvgIpc) is 2.92. The summed E-state index contributed by atoms with van der Waals surface area (Å²) >= 11 is 0. The Labute approximate surface area is 166 Å². The second kappa shape index (κ2) is 7.51. The summed E-state index contributed by atoms with van der Waals surface area (Å²) in [4.78, 5) is 25.5. The number of rotatable bonds is 5. The summed E-state index contributed by atoms with van der Waals surface area (Å²) in [6.45, 7) is 3.13. The summed E-state index contributed by atoms with van der Waals surface area (Å²) in [5.74, 6) is 1.78. The number of carbonyl (C=O) groups excluding carboxylic acids is 2. The minimum absolute atomic E-state index is 0.0429. The molecule has 2 N–H and O–H groups in total. The summed E-state index contributed by atoms with van der Waals surface area (Å²) in [7, 11) is 1.61. The molecule has 3 aliphatic rings. The van der Waals surface area contributed by atoms with E-state index < -0.39 is 0 Å². The molecule has 0 heterocycles. The Balaban J connectivity index is 1.50. The van der Waals surface area contributed by atoms with E-state index in [2.05, 4.69) is 18.3 Å². The number of fused-ring (bicyclic) bond motifs is 5. The molecule has 2 fully saturated rings. The van der Waals surface area contributed by atoms with Gasteiger partial charge in [-0.05, 0) is 73.1 Å². The zero-order valence-electron chi connectivity index (χ0n) is 16.9. The smallest absolute Gasteiger partial charge is 0.220 e. The van der Waals surface area contributed by atoms with E-state index in [9.17, 15) is 14.7 Å². The molecule has 152 valence electrons. The fraction of sp³-hybridized carbons (Fsp3) is 0.652. The number of hydrogen-bond donors (Lipinski definition) is 2. The topological polar surface area (TPSA) is 75.6 Å². The predicted molar refractivity (Wildman–Crippen MR) is 106 cm³/mol. The lowest BCUT2D eigenvalue weighted by Gasteiger charge is -2.48. The highest BCUT2D eigenvalue weighted by Gasteiger charge is 2.58. The molecule has 0 bridgehead atoms. The lowest BCUT2D eigenvalue weighted by Crippen LogP contribution is -2.42. The van der Waals surface area contributed by atoms with Crippen molar-refractivity contribution >= 4 is 11.7 Å². The van der Waals surface area contributed by atoms with Crippen molar-refractivity contribution in [2.24, 2.45) is 23.2 Å². The van der Waals surface area contributed by atoms with E-state index in [0.29, 0.717) is 48.9 Å². The Bertz CT molecular complexity index is 776. The summed E-state index contributed by atoms with van der Waals surface area (Å²) in [6.07, 6.45) is 5.10. The number of ketones is 1. The standard InChI is InChI=1S/C23H31NO4/c1-23-8-7-18-17-6-4-16(25)11-14(17)3-5-19(18)20(23)12-15(22(23)27)13-21(26)24-9-10-28-2/h4,6,11,15,18-20,25H,3,5,7-10,12-13H2,1-2H3,(H,24,26)/t15?,18?,19?,20?,23-/m0/s1. The largest absolute Gasteiger partial charge is 0.508 e. The first-order chi connectivity index (χ1) is 13.4. The SMILES string of the molecule is COCCNC(=O)CC1CC2C3CCc4cc(O)ccc4C3CC[C@]2(C)C1=O. The highest BCUT2D eigenvalue weighted by molar-refractivity contribution is 5.93. The average molecular weight is 386 g/mol. The number of nitrogens with one attached hydrogen (secondary N) is 1. The first kappa shape index (κ1) is 19.4. The first-order valence-corrected chi connectivity index (χ1v) is 10.6. The highest BCUT2D eigenvalue weighted by atomic mass is 16.5. The Morgan fingerprint density at radius 2 is 2.18 bits per heavy atom. The van der Waals surface area contributed by atoms with Gasteiger partial charge in [-0.2, -0.15) is 0 Å². The molecule has 3 aliphatic carbocycles. The molecule has 5 nitrogen and oxygen atoms in total. The van der Waals surface area contributed by atoms with Crippen molar-refractivity contribution in [1.82, 2.24) is 5.32 Å². The van der Waals surface area contributed by atoms with E-state index in [-0.39, 0.29) is 17.2 Å². The third-order valence-corrected chi connectivity index (χ3v) is 7.63. The van der Waals surface area contributed by atoms with E-state index in [1.165, 1.54) is 11.1 Å². The molecule has 5 heteroatoms. The first-order valence-electron chi connectivity index (χ1n) is 10.6. The van der Waals surface area contributed by atoms with Crippen molar-refractivity contribution < 1.29 is 19.4 Å². The number of hydrogen-bond acceptors (Lipinski definition) is 4. The van der Waals surface area contributed by atoms with Crippen LogP contribution in [0.4, 0.5) is 0 Å². The van der Waals surface area contributed by atoms with Gasteiger partial charge in [0.15, 0.2) is 0 Å². The van der Waals surface area contributed by atoms with Gasteiger partial charge in [-0.15, -0.1) is 0 Å². The summed E-state index contributed by atoms with van der Waals surface area (Å²) in [5.41, 5.74) is 2.35. The molecule has 1 aromatic rings. The molecule has 5 atom stereocenters. The quantitative estimate of drug-likeness (QED) is 0.763. The monoisotopic (exact) mass is 385 g/mol. The zero-order valence-corrected chi connectivity index (χ0v) is 16.9. The maximum absolute atomic E-state index is 13.3. The van der Waals surface area contributed by atoms with Gasteiger partial charge in [0.1, 0.15) is 11.5 Å². The van der Waals surface area contributed by atoms with Crippen molar-refractivity contribution in [2.45, 2.75) is 51.4 Å². The number of aromatic hydroxyl groups is 1. The predicted octanol–water partition coefficient (Wildman–Crippen LogP) is 3.20. The van der Waals surface area contributed by atoms with Crippen molar-refractivity contribution in [1.29, 1.82) is 0 Å². The Morgan fingerprint density at radius 3 is 2.96 bits per heavy atom. The van der Waals surface area contributed by atoms with Crippen molar-refractivity contribution in [3.8, 4) is 5.75 Å². The Kier molecular flexibility index (Phi) is 5.21. The van der Waals surface area contributed by atoms with Crippen LogP contribution in [0.15, 0.2) is 18.2 Å². The number of aryl methyl sites for hydroxylation is 1. The molecule has 4 unspecified atom stereocenters. The van der Waals surface area contributed by atoms with Crippen LogP contribution in [0.2, 0.25) is 0 Å². The third kappa shape index (κ3) is 3.24. The van der Waals surface area contributed by atoms with Gasteiger partial charge in [-0.3, -0.25) is 9.59 Å². The van der Waals surface area contributed by atoms with Crippen molar-refractivity contribution in [2.75, 3.05) is 20.3 Å². The number of benzene rings is 1. The number of amides is 1. The minimum Gasteiger partial charge on any atom is -0.508 e. The van der Waals surface area contributed by atoms with Crippen LogP contribution in [0, 0.1) is 23.2 Å². The van der Waals surface area contributed by atoms with Gasteiger partial charge in [0.2, 0.25) is 5.91 Å². The van der Waals surface area contributed by atoms with Crippen LogP contribution in [-0.4, -0.2) is 37.1 Å². The molecule has 2 saturated carbocycles. The van der Waals surface area contributed by atoms with Crippen LogP contribution in [-0.2, 0) is 20.7 Å². The van der Waals surface area contributed by atoms with E-state index in [1.807, 2.05) is 6.07 Å². The molecule has 4 rings (SSSR count). The van der Waals surface area contributed by atoms with Gasteiger partial charge in [-0.25, -0.2) is 0 Å². The van der Waals surface area contributed by atoms with Crippen LogP contribution in [0.1, 0.15) is 56.1 Å². The Hall–Kier alpha value is -1.88. The number of carbonyl (C=O) groups is 2. The fourth-order valence-electron chi connectivity index (χ4n) is 6.27. The van der Waals surface area contributed by atoms with Gasteiger partial charge in [0.25, 0.3) is 0 Å². The van der Waals surface area contributed by atoms with E-state index in [1.54, 1.807) is 13.2 Å². The number of phenolic OH excluding ortho intramolecular Hbond substituents is 1. The van der Waals surface area contributed by atoms with Gasteiger partial charge in [-0.1, -0.05) is 13.0 Å². The van der Waals surface area contributed by atoms with Crippen LogP contribution >= 0.6 is 0 Å². The van der Waals surface area contributed by atoms with Crippen molar-refractivity contribution in [3.05, 3.63) is 29.3 Å². The Morgan fingerprint density at radius 1 is 1.36 bits per heavy atom. The van der Waals surface area contributed by atoms with E-state index >= 15 is 0 Å². The molecule has 0 radical (unpaired) electrons. The molecular formula is C23H31NO4. The maximum Gasteiger partial charge on any atom is 0.220 e. The second-order valence-corrected chi connectivity index (χ2v) is 9.10. The third-order valence-electron chi connectivity index (χ3n) is 7.63. The lowest BCUT2D eigenvalue weighted by molar-refractivity contribution is -0.134. The van der Waals surface area contributed by atoms with Gasteiger partial charge >= 0.3 is 0 Å². The van der Waals surface area contributed by atoms with Crippen LogP contribution in [0.25, 0.3) is 0 Å². The highest BCUT2D eigenvalue weighted by Crippen LogP contribution is 2.61. The lowest BCUT2D eigenvalue weighted by atomic mass is 9.55. The van der Waals surface area contributed by atoms with Gasteiger partial charge < -0.3 is 15.2 Å². The summed E-state index contributed by atoms with van der Waals surface area (Å²) in [5, 5.41) is 12.7. The van der Waals surface area contributed by atoms with Gasteiger partial charge in [0.05, 0.1) is 6.61 Å². The molecule has 1 amide bonds.